The fraction of sp³-hybridized carbons (Fsp3) is 0.680. The minimum atomic E-state index is 0.272. The van der Waals surface area contributed by atoms with Crippen LogP contribution < -0.4 is 10.6 Å². The number of ether oxygens (including phenoxy) is 1. The van der Waals surface area contributed by atoms with Gasteiger partial charge in [-0.05, 0) is 43.7 Å². The van der Waals surface area contributed by atoms with Crippen LogP contribution in [-0.2, 0) is 22.6 Å². The molecule has 1 aromatic carbocycles. The molecule has 1 aromatic rings. The summed E-state index contributed by atoms with van der Waals surface area (Å²) in [5.74, 6) is 1.14. The molecule has 1 spiro atoms. The fourth-order valence-corrected chi connectivity index (χ4v) is 5.74. The van der Waals surface area contributed by atoms with E-state index in [0.29, 0.717) is 25.1 Å². The molecule has 3 fully saturated rings. The third-order valence-electron chi connectivity index (χ3n) is 7.47. The van der Waals surface area contributed by atoms with E-state index in [0.717, 1.165) is 38.5 Å². The summed E-state index contributed by atoms with van der Waals surface area (Å²) in [5, 5.41) is 7.21. The van der Waals surface area contributed by atoms with Crippen LogP contribution in [0.4, 0.5) is 0 Å². The van der Waals surface area contributed by atoms with Gasteiger partial charge in [-0.15, -0.1) is 0 Å². The molecule has 6 heteroatoms. The second kappa shape index (κ2) is 10.0. The molecule has 1 saturated heterocycles. The number of aliphatic imine (C=N–C) groups is 1. The zero-order valence-electron chi connectivity index (χ0n) is 19.2. The van der Waals surface area contributed by atoms with Gasteiger partial charge in [0.2, 0.25) is 5.91 Å². The summed E-state index contributed by atoms with van der Waals surface area (Å²) >= 11 is 0. The van der Waals surface area contributed by atoms with E-state index in [2.05, 4.69) is 46.8 Å². The van der Waals surface area contributed by atoms with Crippen molar-refractivity contribution < 1.29 is 9.53 Å². The smallest absolute Gasteiger partial charge is 0.222 e. The summed E-state index contributed by atoms with van der Waals surface area (Å²) in [6.45, 7) is 5.21. The highest BCUT2D eigenvalue weighted by Gasteiger charge is 2.55. The molecule has 2 N–H and O–H groups in total. The van der Waals surface area contributed by atoms with Gasteiger partial charge in [0, 0.05) is 51.2 Å². The molecule has 0 radical (unpaired) electrons. The highest BCUT2D eigenvalue weighted by molar-refractivity contribution is 5.80. The minimum Gasteiger partial charge on any atom is -0.378 e. The number of nitrogens with zero attached hydrogens (tertiary/aromatic N) is 2. The monoisotopic (exact) mass is 426 g/mol. The summed E-state index contributed by atoms with van der Waals surface area (Å²) in [5.41, 5.74) is 2.67. The van der Waals surface area contributed by atoms with Crippen molar-refractivity contribution in [2.24, 2.45) is 10.4 Å². The molecule has 2 aliphatic carbocycles. The number of likely N-dealkylation sites (tertiary alicyclic amines) is 1. The first kappa shape index (κ1) is 22.1. The molecule has 6 nitrogen and oxygen atoms in total. The maximum atomic E-state index is 11.9. The second-order valence-corrected chi connectivity index (χ2v) is 9.33. The molecular weight excluding hydrogens is 388 g/mol. The van der Waals surface area contributed by atoms with Gasteiger partial charge in [0.05, 0.1) is 6.10 Å². The molecule has 2 unspecified atom stereocenters. The first-order chi connectivity index (χ1) is 15.1. The van der Waals surface area contributed by atoms with Crippen LogP contribution in [0, 0.1) is 5.41 Å². The number of carbonyl (C=O) groups excluding carboxylic acids is 1. The zero-order valence-corrected chi connectivity index (χ0v) is 19.2. The largest absolute Gasteiger partial charge is 0.378 e. The molecule has 31 heavy (non-hydrogen) atoms. The predicted molar refractivity (Wildman–Crippen MR) is 124 cm³/mol. The lowest BCUT2D eigenvalue weighted by atomic mass is 9.55. The molecule has 4 rings (SSSR count). The number of amides is 1. The summed E-state index contributed by atoms with van der Waals surface area (Å²) < 4.78 is 6.09. The molecule has 1 aliphatic heterocycles. The maximum Gasteiger partial charge on any atom is 0.222 e. The van der Waals surface area contributed by atoms with Crippen molar-refractivity contribution >= 4 is 11.9 Å². The Labute approximate surface area is 186 Å². The maximum absolute atomic E-state index is 11.9. The highest BCUT2D eigenvalue weighted by Crippen LogP contribution is 2.53. The van der Waals surface area contributed by atoms with Crippen LogP contribution in [0.3, 0.4) is 0 Å². The van der Waals surface area contributed by atoms with Crippen LogP contribution in [0.1, 0.15) is 69.4 Å². The minimum absolute atomic E-state index is 0.272. The first-order valence-corrected chi connectivity index (χ1v) is 12.1. The van der Waals surface area contributed by atoms with Crippen molar-refractivity contribution in [1.29, 1.82) is 0 Å². The van der Waals surface area contributed by atoms with Gasteiger partial charge in [-0.2, -0.15) is 0 Å². The second-order valence-electron chi connectivity index (χ2n) is 9.33. The quantitative estimate of drug-likeness (QED) is 0.516. The van der Waals surface area contributed by atoms with E-state index < -0.39 is 0 Å². The third-order valence-corrected chi connectivity index (χ3v) is 7.47. The Kier molecular flexibility index (Phi) is 7.16. The van der Waals surface area contributed by atoms with E-state index in [1.165, 1.54) is 43.2 Å². The van der Waals surface area contributed by atoms with E-state index >= 15 is 0 Å². The number of rotatable bonds is 7. The Morgan fingerprint density at radius 3 is 2.74 bits per heavy atom. The predicted octanol–water partition coefficient (Wildman–Crippen LogP) is 3.60. The van der Waals surface area contributed by atoms with Gasteiger partial charge in [0.25, 0.3) is 0 Å². The summed E-state index contributed by atoms with van der Waals surface area (Å²) in [6, 6.07) is 8.95. The van der Waals surface area contributed by atoms with Crippen LogP contribution >= 0.6 is 0 Å². The molecule has 0 aromatic heterocycles. The van der Waals surface area contributed by atoms with Crippen LogP contribution in [-0.4, -0.2) is 49.1 Å². The molecule has 0 bridgehead atoms. The molecule has 170 valence electrons. The normalized spacial score (nSPS) is 25.5. The lowest BCUT2D eigenvalue weighted by molar-refractivity contribution is -0.145. The lowest BCUT2D eigenvalue weighted by Crippen LogP contribution is -2.66. The topological polar surface area (TPSA) is 66.0 Å². The van der Waals surface area contributed by atoms with Crippen molar-refractivity contribution in [3.63, 3.8) is 0 Å². The van der Waals surface area contributed by atoms with Crippen molar-refractivity contribution in [2.75, 3.05) is 20.2 Å². The van der Waals surface area contributed by atoms with E-state index in [9.17, 15) is 4.79 Å². The fourth-order valence-electron chi connectivity index (χ4n) is 5.74. The van der Waals surface area contributed by atoms with Gasteiger partial charge in [0.15, 0.2) is 5.96 Å². The number of nitrogens with one attached hydrogen (secondary N) is 2. The van der Waals surface area contributed by atoms with Gasteiger partial charge < -0.3 is 20.3 Å². The Morgan fingerprint density at radius 1 is 1.23 bits per heavy atom. The first-order valence-electron chi connectivity index (χ1n) is 12.1. The molecule has 1 amide bonds. The van der Waals surface area contributed by atoms with Gasteiger partial charge in [0.1, 0.15) is 0 Å². The Morgan fingerprint density at radius 2 is 2.03 bits per heavy atom. The number of hydrogen-bond donors (Lipinski definition) is 2. The molecular formula is C25H38N4O2. The van der Waals surface area contributed by atoms with Gasteiger partial charge in [-0.25, -0.2) is 0 Å². The average molecular weight is 427 g/mol. The number of hydrogen-bond acceptors (Lipinski definition) is 3. The molecule has 1 heterocycles. The van der Waals surface area contributed by atoms with E-state index in [-0.39, 0.29) is 11.3 Å². The van der Waals surface area contributed by atoms with Gasteiger partial charge in [-0.1, -0.05) is 43.5 Å². The van der Waals surface area contributed by atoms with Crippen molar-refractivity contribution in [3.8, 4) is 0 Å². The molecule has 2 atom stereocenters. The SMILES string of the molecule is CCOC1CC(NC(=NC)NCc2cccc(CN3CCCC3=O)c2)C12CCCCC2. The Balaban J connectivity index is 1.33. The van der Waals surface area contributed by atoms with Crippen molar-refractivity contribution in [1.82, 2.24) is 15.5 Å². The Hall–Kier alpha value is -2.08. The summed E-state index contributed by atoms with van der Waals surface area (Å²) in [7, 11) is 1.84. The summed E-state index contributed by atoms with van der Waals surface area (Å²) in [6.07, 6.45) is 9.59. The van der Waals surface area contributed by atoms with Gasteiger partial charge >= 0.3 is 0 Å². The van der Waals surface area contributed by atoms with Crippen LogP contribution in [0.15, 0.2) is 29.3 Å². The Bertz CT molecular complexity index is 787. The van der Waals surface area contributed by atoms with Crippen molar-refractivity contribution in [3.05, 3.63) is 35.4 Å². The zero-order chi connectivity index (χ0) is 21.7. The van der Waals surface area contributed by atoms with Crippen LogP contribution in [0.5, 0.6) is 0 Å². The number of benzene rings is 1. The third kappa shape index (κ3) is 4.89. The van der Waals surface area contributed by atoms with Crippen LogP contribution in [0.25, 0.3) is 0 Å². The molecule has 2 saturated carbocycles. The van der Waals surface area contributed by atoms with Gasteiger partial charge in [-0.3, -0.25) is 9.79 Å². The number of guanidine groups is 1. The van der Waals surface area contributed by atoms with E-state index in [1.54, 1.807) is 0 Å². The standard InChI is InChI=1S/C25H38N4O2/c1-3-31-22-16-21(25(22)12-5-4-6-13-25)28-24(26-2)27-17-19-9-7-10-20(15-19)18-29-14-8-11-23(29)30/h7,9-10,15,21-22H,3-6,8,11-14,16-18H2,1-2H3,(H2,26,27,28). The number of carbonyl (C=O) groups is 1. The average Bonchev–Trinajstić information content (AvgIpc) is 3.20. The lowest BCUT2D eigenvalue weighted by Gasteiger charge is -2.57. The summed E-state index contributed by atoms with van der Waals surface area (Å²) in [4.78, 5) is 18.4. The highest BCUT2D eigenvalue weighted by atomic mass is 16.5. The van der Waals surface area contributed by atoms with E-state index in [4.69, 9.17) is 4.74 Å². The molecule has 3 aliphatic rings. The van der Waals surface area contributed by atoms with E-state index in [1.807, 2.05) is 11.9 Å². The van der Waals surface area contributed by atoms with Crippen LogP contribution in [0.2, 0.25) is 0 Å². The van der Waals surface area contributed by atoms with Crippen molar-refractivity contribution in [2.45, 2.75) is 83.5 Å².